The van der Waals surface area contributed by atoms with Crippen LogP contribution in [-0.4, -0.2) is 29.7 Å². The molecule has 0 aromatic carbocycles. The standard InChI is InChI=1S/C28H47NO4/c1-18(6-4-5-7-25(30)31)22-10-11-23-21-9-8-19-16-20(33-26(32)17-29)12-14-27(19,2)24(21)13-15-28(22,23)3/h18-24H,4-17,29H2,1-3H3,(H,30,31)/t18-,19-,20-,21+,22?,23?,24?,27+,28-/m1/s1. The van der Waals surface area contributed by atoms with Crippen molar-refractivity contribution in [1.29, 1.82) is 0 Å². The van der Waals surface area contributed by atoms with E-state index in [1.165, 1.54) is 51.4 Å². The van der Waals surface area contributed by atoms with Gasteiger partial charge in [0.15, 0.2) is 0 Å². The zero-order chi connectivity index (χ0) is 23.8. The van der Waals surface area contributed by atoms with Crippen LogP contribution in [0.5, 0.6) is 0 Å². The van der Waals surface area contributed by atoms with Crippen LogP contribution < -0.4 is 5.73 Å². The van der Waals surface area contributed by atoms with Gasteiger partial charge in [-0.25, -0.2) is 0 Å². The fraction of sp³-hybridized carbons (Fsp3) is 0.929. The van der Waals surface area contributed by atoms with Gasteiger partial charge in [0.2, 0.25) is 0 Å². The fourth-order valence-corrected chi connectivity index (χ4v) is 9.48. The highest BCUT2D eigenvalue weighted by atomic mass is 16.5. The molecule has 4 aliphatic rings. The van der Waals surface area contributed by atoms with Gasteiger partial charge in [0.1, 0.15) is 6.10 Å². The Bertz CT molecular complexity index is 725. The number of rotatable bonds is 8. The average Bonchev–Trinajstić information content (AvgIpc) is 3.14. The first-order valence-electron chi connectivity index (χ1n) is 13.8. The molecule has 188 valence electrons. The molecule has 33 heavy (non-hydrogen) atoms. The number of unbranched alkanes of at least 4 members (excludes halogenated alkanes) is 1. The van der Waals surface area contributed by atoms with Gasteiger partial charge in [0.05, 0.1) is 6.54 Å². The van der Waals surface area contributed by atoms with Gasteiger partial charge in [0.25, 0.3) is 0 Å². The predicted molar refractivity (Wildman–Crippen MR) is 129 cm³/mol. The Hall–Kier alpha value is -1.10. The van der Waals surface area contributed by atoms with E-state index in [2.05, 4.69) is 20.8 Å². The molecule has 5 nitrogen and oxygen atoms in total. The lowest BCUT2D eigenvalue weighted by atomic mass is 9.44. The van der Waals surface area contributed by atoms with Gasteiger partial charge in [-0.2, -0.15) is 0 Å². The lowest BCUT2D eigenvalue weighted by Crippen LogP contribution is -2.54. The highest BCUT2D eigenvalue weighted by Crippen LogP contribution is 2.68. The van der Waals surface area contributed by atoms with E-state index in [9.17, 15) is 9.59 Å². The molecule has 0 amide bonds. The molecule has 0 aromatic heterocycles. The zero-order valence-electron chi connectivity index (χ0n) is 21.2. The van der Waals surface area contributed by atoms with Crippen LogP contribution in [0.4, 0.5) is 0 Å². The van der Waals surface area contributed by atoms with Crippen LogP contribution in [0.1, 0.15) is 104 Å². The number of carboxylic acids is 1. The smallest absolute Gasteiger partial charge is 0.319 e. The highest BCUT2D eigenvalue weighted by Gasteiger charge is 2.60. The monoisotopic (exact) mass is 461 g/mol. The lowest BCUT2D eigenvalue weighted by molar-refractivity contribution is -0.161. The number of aliphatic carboxylic acids is 1. The van der Waals surface area contributed by atoms with Crippen LogP contribution in [0.15, 0.2) is 0 Å². The van der Waals surface area contributed by atoms with E-state index in [-0.39, 0.29) is 18.6 Å². The van der Waals surface area contributed by atoms with E-state index in [1.54, 1.807) is 0 Å². The van der Waals surface area contributed by atoms with Gasteiger partial charge >= 0.3 is 11.9 Å². The molecule has 4 aliphatic carbocycles. The third-order valence-electron chi connectivity index (χ3n) is 11.1. The van der Waals surface area contributed by atoms with E-state index < -0.39 is 5.97 Å². The van der Waals surface area contributed by atoms with Crippen molar-refractivity contribution >= 4 is 11.9 Å². The molecule has 5 heteroatoms. The maximum Gasteiger partial charge on any atom is 0.319 e. The maximum absolute atomic E-state index is 11.7. The Morgan fingerprint density at radius 2 is 1.73 bits per heavy atom. The minimum atomic E-state index is -0.662. The summed E-state index contributed by atoms with van der Waals surface area (Å²) in [5.74, 6) is 3.80. The molecular weight excluding hydrogens is 414 g/mol. The minimum Gasteiger partial charge on any atom is -0.481 e. The first-order chi connectivity index (χ1) is 15.7. The topological polar surface area (TPSA) is 89.6 Å². The normalized spacial score (nSPS) is 43.2. The van der Waals surface area contributed by atoms with Crippen molar-refractivity contribution in [1.82, 2.24) is 0 Å². The van der Waals surface area contributed by atoms with Crippen molar-refractivity contribution in [3.63, 3.8) is 0 Å². The SMILES string of the molecule is C[C@H](CCCCC(=O)O)C1CCC2[C@@H]3CC[C@@H]4C[C@H](OC(=O)CN)CC[C@]4(C)C3CC[C@@]21C. The summed E-state index contributed by atoms with van der Waals surface area (Å²) < 4.78 is 5.65. The Morgan fingerprint density at radius 3 is 2.45 bits per heavy atom. The molecule has 4 rings (SSSR count). The molecule has 0 bridgehead atoms. The summed E-state index contributed by atoms with van der Waals surface area (Å²) in [6, 6.07) is 0. The molecule has 4 fully saturated rings. The number of esters is 1. The zero-order valence-corrected chi connectivity index (χ0v) is 21.2. The first kappa shape index (κ1) is 25.0. The summed E-state index contributed by atoms with van der Waals surface area (Å²) in [5.41, 5.74) is 6.34. The van der Waals surface area contributed by atoms with Gasteiger partial charge < -0.3 is 15.6 Å². The number of carbonyl (C=O) groups is 2. The Labute approximate surface area is 200 Å². The summed E-state index contributed by atoms with van der Waals surface area (Å²) in [4.78, 5) is 22.6. The molecule has 0 saturated heterocycles. The van der Waals surface area contributed by atoms with Gasteiger partial charge in [-0.3, -0.25) is 9.59 Å². The number of nitrogens with two attached hydrogens (primary N) is 1. The third kappa shape index (κ3) is 4.73. The van der Waals surface area contributed by atoms with Crippen molar-refractivity contribution in [2.45, 2.75) is 110 Å². The van der Waals surface area contributed by atoms with Gasteiger partial charge in [0, 0.05) is 6.42 Å². The lowest BCUT2D eigenvalue weighted by Gasteiger charge is -2.61. The summed E-state index contributed by atoms with van der Waals surface area (Å²) >= 11 is 0. The molecule has 9 atom stereocenters. The number of ether oxygens (including phenoxy) is 1. The predicted octanol–water partition coefficient (Wildman–Crippen LogP) is 5.80. The number of carbonyl (C=O) groups excluding carboxylic acids is 1. The van der Waals surface area contributed by atoms with E-state index in [0.717, 1.165) is 49.4 Å². The van der Waals surface area contributed by atoms with Gasteiger partial charge in [-0.05, 0) is 111 Å². The number of fused-ring (bicyclic) bond motifs is 5. The quantitative estimate of drug-likeness (QED) is 0.352. The Kier molecular flexibility index (Phi) is 7.48. The summed E-state index contributed by atoms with van der Waals surface area (Å²) in [5, 5.41) is 8.94. The Morgan fingerprint density at radius 1 is 1.00 bits per heavy atom. The molecule has 3 N–H and O–H groups in total. The van der Waals surface area contributed by atoms with Crippen molar-refractivity contribution in [3.8, 4) is 0 Å². The molecule has 0 aromatic rings. The maximum atomic E-state index is 11.7. The second-order valence-electron chi connectivity index (χ2n) is 12.6. The third-order valence-corrected chi connectivity index (χ3v) is 11.1. The average molecular weight is 462 g/mol. The largest absolute Gasteiger partial charge is 0.481 e. The van der Waals surface area contributed by atoms with Crippen LogP contribution in [0.25, 0.3) is 0 Å². The molecular formula is C28H47NO4. The van der Waals surface area contributed by atoms with Crippen molar-refractivity contribution in [2.75, 3.05) is 6.54 Å². The second-order valence-corrected chi connectivity index (χ2v) is 12.6. The van der Waals surface area contributed by atoms with Crippen LogP contribution >= 0.6 is 0 Å². The van der Waals surface area contributed by atoms with E-state index >= 15 is 0 Å². The molecule has 0 heterocycles. The molecule has 3 unspecified atom stereocenters. The van der Waals surface area contributed by atoms with Gasteiger partial charge in [-0.15, -0.1) is 0 Å². The number of hydrogen-bond acceptors (Lipinski definition) is 4. The van der Waals surface area contributed by atoms with Crippen molar-refractivity contribution in [3.05, 3.63) is 0 Å². The Balaban J connectivity index is 1.39. The van der Waals surface area contributed by atoms with E-state index in [1.807, 2.05) is 0 Å². The van der Waals surface area contributed by atoms with Crippen LogP contribution in [0.2, 0.25) is 0 Å². The van der Waals surface area contributed by atoms with Gasteiger partial charge in [-0.1, -0.05) is 33.6 Å². The minimum absolute atomic E-state index is 0.0114. The first-order valence-corrected chi connectivity index (χ1v) is 13.8. The highest BCUT2D eigenvalue weighted by molar-refractivity contribution is 5.71. The summed E-state index contributed by atoms with van der Waals surface area (Å²) in [6.07, 6.45) is 14.8. The molecule has 0 aliphatic heterocycles. The fourth-order valence-electron chi connectivity index (χ4n) is 9.48. The molecule has 4 saturated carbocycles. The number of hydrogen-bond donors (Lipinski definition) is 2. The summed E-state index contributed by atoms with van der Waals surface area (Å²) in [6.45, 7) is 7.60. The van der Waals surface area contributed by atoms with Crippen LogP contribution in [0, 0.1) is 46.3 Å². The van der Waals surface area contributed by atoms with Crippen LogP contribution in [0.3, 0.4) is 0 Å². The van der Waals surface area contributed by atoms with E-state index in [4.69, 9.17) is 15.6 Å². The summed E-state index contributed by atoms with van der Waals surface area (Å²) in [7, 11) is 0. The number of carboxylic acid groups (broad SMARTS) is 1. The van der Waals surface area contributed by atoms with E-state index in [0.29, 0.717) is 29.1 Å². The second kappa shape index (κ2) is 9.87. The molecule has 0 spiro atoms. The van der Waals surface area contributed by atoms with Crippen molar-refractivity contribution < 1.29 is 19.4 Å². The van der Waals surface area contributed by atoms with Crippen LogP contribution in [-0.2, 0) is 14.3 Å². The molecule has 0 radical (unpaired) electrons. The van der Waals surface area contributed by atoms with Crippen molar-refractivity contribution in [2.24, 2.45) is 52.1 Å².